The fourth-order valence-corrected chi connectivity index (χ4v) is 7.81. The highest BCUT2D eigenvalue weighted by atomic mass is 16.4. The second-order valence-electron chi connectivity index (χ2n) is 18.0. The minimum atomic E-state index is -1.45. The number of nitrogens with two attached hydrogens (primary N) is 6. The Balaban J connectivity index is 0.00000376. The lowest BCUT2D eigenvalue weighted by atomic mass is 10.0. The summed E-state index contributed by atoms with van der Waals surface area (Å²) in [6.45, 7) is 2.86. The van der Waals surface area contributed by atoms with E-state index in [0.29, 0.717) is 36.1 Å². The number of phenols is 2. The number of guanidine groups is 2. The number of carbonyl (C=O) groups excluding carboxylic acids is 7. The molecule has 26 heteroatoms. The molecule has 418 valence electrons. The highest BCUT2D eigenvalue weighted by Gasteiger charge is 2.34. The number of H-pyrrole nitrogens is 1. The number of aliphatic carboxylic acids is 1. The Bertz CT molecular complexity index is 2650. The van der Waals surface area contributed by atoms with Crippen molar-refractivity contribution in [2.24, 2.45) is 44.4 Å². The van der Waals surface area contributed by atoms with Gasteiger partial charge in [-0.1, -0.05) is 42.5 Å². The molecule has 7 amide bonds. The number of carboxylic acid groups (broad SMARTS) is 1. The molecule has 0 saturated carbocycles. The first kappa shape index (κ1) is 62.4. The van der Waals surface area contributed by atoms with Gasteiger partial charge in [0.15, 0.2) is 11.9 Å². The van der Waals surface area contributed by atoms with Crippen LogP contribution in [0.3, 0.4) is 0 Å². The number of aliphatic imine (C=N–C) groups is 2. The number of aromatic nitrogens is 1. The molecule has 22 N–H and O–H groups in total. The van der Waals surface area contributed by atoms with E-state index in [1.54, 1.807) is 6.20 Å². The lowest BCUT2D eigenvalue weighted by molar-refractivity contribution is -0.135. The Morgan fingerprint density at radius 2 is 0.909 bits per heavy atom. The van der Waals surface area contributed by atoms with Crippen molar-refractivity contribution in [1.82, 2.24) is 36.9 Å². The maximum Gasteiger partial charge on any atom is 0.300 e. The van der Waals surface area contributed by atoms with E-state index in [2.05, 4.69) is 46.9 Å². The molecule has 3 aromatic carbocycles. The van der Waals surface area contributed by atoms with E-state index in [4.69, 9.17) is 44.3 Å². The first-order valence-corrected chi connectivity index (χ1v) is 24.8. The summed E-state index contributed by atoms with van der Waals surface area (Å²) in [6.07, 6.45) is 2.98. The van der Waals surface area contributed by atoms with Crippen LogP contribution in [-0.4, -0.2) is 135 Å². The number of fused-ring (bicyclic) bond motifs is 1. The predicted octanol–water partition coefficient (Wildman–Crippen LogP) is -1.65. The average molecular weight is 1070 g/mol. The van der Waals surface area contributed by atoms with Gasteiger partial charge in [-0.25, -0.2) is 0 Å². The molecule has 4 aromatic rings. The lowest BCUT2D eigenvalue weighted by Gasteiger charge is -2.28. The van der Waals surface area contributed by atoms with Crippen LogP contribution in [0.15, 0.2) is 89.0 Å². The number of rotatable bonds is 30. The second kappa shape index (κ2) is 32.4. The molecule has 0 unspecified atom stereocenters. The van der Waals surface area contributed by atoms with Crippen LogP contribution in [0.2, 0.25) is 0 Å². The third-order valence-corrected chi connectivity index (χ3v) is 11.6. The summed E-state index contributed by atoms with van der Waals surface area (Å²) < 4.78 is 0. The third kappa shape index (κ3) is 23.4. The van der Waals surface area contributed by atoms with Crippen LogP contribution >= 0.6 is 0 Å². The van der Waals surface area contributed by atoms with Crippen molar-refractivity contribution < 1.29 is 53.7 Å². The number of para-hydroxylation sites is 1. The normalized spacial score (nSPS) is 13.0. The first-order chi connectivity index (χ1) is 36.6. The minimum absolute atomic E-state index is 0.0460. The van der Waals surface area contributed by atoms with E-state index in [1.807, 2.05) is 24.3 Å². The molecule has 1 heterocycles. The number of aromatic hydroxyl groups is 2. The predicted molar refractivity (Wildman–Crippen MR) is 288 cm³/mol. The standard InChI is InChI=1S/C49H69N15O9.C2H4O2/c1-28(65)59-37(11-6-22-56-48(52)53)43(69)62-40(25-30-15-19-33(67)20-16-30)46(72)63-39(24-29-13-17-32(66)18-14-29)45(71)61-38(12-7-23-57-49(54)55)44(70)64-41(26-31-27-58-35-9-3-2-8-34(31)35)47(73)60-36(42(51)68)10-4-5-21-50;1-2(3)4/h2-3,8-9,13-20,27,36-41,58,66-67H,4-7,10-12,21-26,50H2,1H3,(H2,51,68)(H,59,65)(H,60,73)(H,61,71)(H,62,69)(H,63,72)(H,64,70)(H4,52,53,56)(H4,54,55,57);1H3,(H,3,4)/t36-,37-,38-,39-,40-,41-;/m0./s1. The van der Waals surface area contributed by atoms with Crippen molar-refractivity contribution in [2.75, 3.05) is 19.6 Å². The fourth-order valence-electron chi connectivity index (χ4n) is 7.81. The average Bonchev–Trinajstić information content (AvgIpc) is 3.77. The molecular formula is C51H73N15O11. The number of amides is 7. The SMILES string of the molecule is CC(=O)N[C@@H](CCCN=C(N)N)C(=O)N[C@@H](Cc1ccc(O)cc1)C(=O)N[C@@H](Cc1ccc(O)cc1)C(=O)N[C@@H](CCCN=C(N)N)C(=O)N[C@@H](Cc1c[nH]c2ccccc12)C(=O)N[C@@H](CCCCN)C(N)=O.CC(=O)O. The summed E-state index contributed by atoms with van der Waals surface area (Å²) in [5.74, 6) is -6.62. The van der Waals surface area contributed by atoms with Crippen LogP contribution in [0.4, 0.5) is 0 Å². The van der Waals surface area contributed by atoms with Gasteiger partial charge in [0.1, 0.15) is 47.8 Å². The number of aromatic amines is 1. The van der Waals surface area contributed by atoms with Gasteiger partial charge < -0.3 is 86.6 Å². The van der Waals surface area contributed by atoms with Gasteiger partial charge in [0, 0.05) is 63.3 Å². The number of carbonyl (C=O) groups is 8. The summed E-state index contributed by atoms with van der Waals surface area (Å²) in [5.41, 5.74) is 35.8. The molecule has 26 nitrogen and oxygen atoms in total. The number of nitrogens with one attached hydrogen (secondary N) is 7. The number of nitrogens with zero attached hydrogens (tertiary/aromatic N) is 2. The Morgan fingerprint density at radius 3 is 1.34 bits per heavy atom. The summed E-state index contributed by atoms with van der Waals surface area (Å²) in [5, 5.41) is 44.4. The molecule has 0 saturated heterocycles. The maximum atomic E-state index is 14.7. The summed E-state index contributed by atoms with van der Waals surface area (Å²) in [4.78, 5) is 117. The number of hydrogen-bond donors (Lipinski definition) is 16. The minimum Gasteiger partial charge on any atom is -0.508 e. The molecular weight excluding hydrogens is 999 g/mol. The van der Waals surface area contributed by atoms with Gasteiger partial charge in [-0.3, -0.25) is 48.3 Å². The van der Waals surface area contributed by atoms with Crippen molar-refractivity contribution in [3.8, 4) is 11.5 Å². The van der Waals surface area contributed by atoms with Gasteiger partial charge in [-0.2, -0.15) is 0 Å². The smallest absolute Gasteiger partial charge is 0.300 e. The second-order valence-corrected chi connectivity index (χ2v) is 18.0. The van der Waals surface area contributed by atoms with Gasteiger partial charge in [0.25, 0.3) is 5.97 Å². The van der Waals surface area contributed by atoms with E-state index in [0.717, 1.165) is 17.8 Å². The Hall–Kier alpha value is -8.94. The first-order valence-electron chi connectivity index (χ1n) is 24.8. The Kier molecular flexibility index (Phi) is 26.2. The highest BCUT2D eigenvalue weighted by molar-refractivity contribution is 5.97. The number of hydrogen-bond acceptors (Lipinski definition) is 13. The van der Waals surface area contributed by atoms with Gasteiger partial charge in [0.05, 0.1) is 0 Å². The van der Waals surface area contributed by atoms with Crippen molar-refractivity contribution in [3.63, 3.8) is 0 Å². The van der Waals surface area contributed by atoms with Crippen molar-refractivity contribution in [3.05, 3.63) is 95.7 Å². The molecule has 0 aliphatic carbocycles. The van der Waals surface area contributed by atoms with Gasteiger partial charge in [-0.15, -0.1) is 0 Å². The molecule has 0 aliphatic heterocycles. The topological polar surface area (TPSA) is 466 Å². The number of unbranched alkanes of at least 4 members (excludes halogenated alkanes) is 1. The Labute approximate surface area is 445 Å². The zero-order valence-electron chi connectivity index (χ0n) is 43.1. The molecule has 1 aromatic heterocycles. The molecule has 0 bridgehead atoms. The van der Waals surface area contributed by atoms with Gasteiger partial charge in [-0.05, 0) is 98.5 Å². The van der Waals surface area contributed by atoms with E-state index >= 15 is 0 Å². The van der Waals surface area contributed by atoms with Crippen LogP contribution in [-0.2, 0) is 57.6 Å². The van der Waals surface area contributed by atoms with Crippen LogP contribution in [0.5, 0.6) is 11.5 Å². The summed E-state index contributed by atoms with van der Waals surface area (Å²) >= 11 is 0. The molecule has 0 aliphatic rings. The molecule has 0 radical (unpaired) electrons. The molecule has 6 atom stereocenters. The molecule has 0 fully saturated rings. The van der Waals surface area contributed by atoms with Crippen LogP contribution in [0.1, 0.15) is 75.5 Å². The van der Waals surface area contributed by atoms with Crippen LogP contribution in [0.25, 0.3) is 10.9 Å². The van der Waals surface area contributed by atoms with Crippen molar-refractivity contribution in [2.45, 2.75) is 114 Å². The Morgan fingerprint density at radius 1 is 0.519 bits per heavy atom. The van der Waals surface area contributed by atoms with E-state index < -0.39 is 83.6 Å². The number of phenolic OH excluding ortho intramolecular Hbond substituents is 2. The zero-order valence-corrected chi connectivity index (χ0v) is 43.1. The van der Waals surface area contributed by atoms with E-state index in [-0.39, 0.29) is 87.9 Å². The van der Waals surface area contributed by atoms with Crippen molar-refractivity contribution in [1.29, 1.82) is 0 Å². The third-order valence-electron chi connectivity index (χ3n) is 11.6. The quantitative estimate of drug-likeness (QED) is 0.0158. The number of carboxylic acids is 1. The monoisotopic (exact) mass is 1070 g/mol. The number of benzene rings is 3. The fraction of sp³-hybridized carbons (Fsp3) is 0.412. The molecule has 4 rings (SSSR count). The summed E-state index contributed by atoms with van der Waals surface area (Å²) in [7, 11) is 0. The van der Waals surface area contributed by atoms with E-state index in [9.17, 15) is 43.8 Å². The van der Waals surface area contributed by atoms with Gasteiger partial charge >= 0.3 is 0 Å². The van der Waals surface area contributed by atoms with Crippen LogP contribution < -0.4 is 66.3 Å². The number of primary amides is 1. The highest BCUT2D eigenvalue weighted by Crippen LogP contribution is 2.20. The summed E-state index contributed by atoms with van der Waals surface area (Å²) in [6, 6.07) is 11.3. The van der Waals surface area contributed by atoms with Crippen molar-refractivity contribution >= 4 is 70.1 Å². The van der Waals surface area contributed by atoms with E-state index in [1.165, 1.54) is 55.5 Å². The largest absolute Gasteiger partial charge is 0.508 e. The maximum absolute atomic E-state index is 14.7. The molecule has 0 spiro atoms. The molecule has 77 heavy (non-hydrogen) atoms. The zero-order chi connectivity index (χ0) is 57.0. The lowest BCUT2D eigenvalue weighted by Crippen LogP contribution is -2.60. The van der Waals surface area contributed by atoms with Crippen LogP contribution in [0, 0.1) is 0 Å². The van der Waals surface area contributed by atoms with Gasteiger partial charge in [0.2, 0.25) is 41.4 Å².